The summed E-state index contributed by atoms with van der Waals surface area (Å²) in [6.45, 7) is 1.47. The van der Waals surface area contributed by atoms with Crippen molar-refractivity contribution in [3.63, 3.8) is 0 Å². The lowest BCUT2D eigenvalue weighted by molar-refractivity contribution is 0.558. The van der Waals surface area contributed by atoms with Crippen LogP contribution in [0.25, 0.3) is 43.9 Å². The van der Waals surface area contributed by atoms with E-state index in [9.17, 15) is 9.59 Å². The lowest BCUT2D eigenvalue weighted by atomic mass is 10.0. The Labute approximate surface area is 220 Å². The van der Waals surface area contributed by atoms with Crippen molar-refractivity contribution in [2.75, 3.05) is 62.5 Å². The lowest BCUT2D eigenvalue weighted by Gasteiger charge is -2.18. The van der Waals surface area contributed by atoms with Gasteiger partial charge in [0.15, 0.2) is 22.3 Å². The van der Waals surface area contributed by atoms with E-state index in [1.54, 1.807) is 0 Å². The molecule has 0 saturated carbocycles. The minimum Gasteiger partial charge on any atom is -0.436 e. The summed E-state index contributed by atoms with van der Waals surface area (Å²) in [6, 6.07) is 0. The quantitative estimate of drug-likeness (QED) is 0.0487. The molecule has 0 amide bonds. The zero-order chi connectivity index (χ0) is 28.9. The van der Waals surface area contributed by atoms with Gasteiger partial charge in [-0.3, -0.25) is 10.9 Å². The largest absolute Gasteiger partial charge is 0.436 e. The average Bonchev–Trinajstić information content (AvgIpc) is 3.37. The number of nitrogens with one attached hydrogen (secondary N) is 2. The van der Waals surface area contributed by atoms with Gasteiger partial charge in [0.2, 0.25) is 11.8 Å². The molecule has 0 fully saturated rings. The van der Waals surface area contributed by atoms with Crippen molar-refractivity contribution in [3.8, 4) is 0 Å². The van der Waals surface area contributed by atoms with Crippen LogP contribution < -0.4 is 73.7 Å². The molecule has 0 aliphatic heterocycles. The van der Waals surface area contributed by atoms with Crippen LogP contribution in [0.1, 0.15) is 5.56 Å². The lowest BCUT2D eigenvalue weighted by Crippen LogP contribution is -2.17. The maximum atomic E-state index is 12.9. The molecule has 0 aliphatic carbocycles. The number of hydrogen-bond acceptors (Lipinski definition) is 17. The van der Waals surface area contributed by atoms with Gasteiger partial charge < -0.3 is 69.3 Å². The van der Waals surface area contributed by atoms with Crippen LogP contribution in [0.3, 0.4) is 0 Å². The highest BCUT2D eigenvalue weighted by atomic mass is 16.4. The van der Waals surface area contributed by atoms with E-state index in [1.807, 2.05) is 0 Å². The smallest absolute Gasteiger partial charge is 0.361 e. The first kappa shape index (κ1) is 24.1. The van der Waals surface area contributed by atoms with Gasteiger partial charge in [0.25, 0.3) is 0 Å². The van der Waals surface area contributed by atoms with Gasteiger partial charge in [-0.1, -0.05) is 0 Å². The first-order valence-corrected chi connectivity index (χ1v) is 11.4. The first-order valence-electron chi connectivity index (χ1n) is 11.4. The van der Waals surface area contributed by atoms with Crippen molar-refractivity contribution in [2.24, 2.45) is 0 Å². The van der Waals surface area contributed by atoms with Crippen molar-refractivity contribution >= 4 is 107 Å². The summed E-state index contributed by atoms with van der Waals surface area (Å²) in [7, 11) is 0. The number of fused-ring (bicyclic) bond motifs is 5. The topological polar surface area (TPSA) is 345 Å². The molecule has 0 atom stereocenters. The molecule has 40 heavy (non-hydrogen) atoms. The molecule has 0 unspecified atom stereocenters. The number of hydrogen-bond donors (Lipinski definition) is 11. The van der Waals surface area contributed by atoms with Gasteiger partial charge in [0, 0.05) is 0 Å². The number of nitrogens with two attached hydrogens (primary N) is 9. The number of nitrogen functional groups attached to an aromatic ring is 9. The van der Waals surface area contributed by atoms with E-state index in [2.05, 4.69) is 10.9 Å². The van der Waals surface area contributed by atoms with Crippen LogP contribution in [-0.4, -0.2) is 0 Å². The fraction of sp³-hybridized carbons (Fsp3) is 0.0435. The third-order valence-corrected chi connectivity index (χ3v) is 6.84. The molecule has 0 spiro atoms. The van der Waals surface area contributed by atoms with E-state index in [0.29, 0.717) is 0 Å². The highest BCUT2D eigenvalue weighted by molar-refractivity contribution is 6.25. The van der Waals surface area contributed by atoms with Crippen molar-refractivity contribution < 1.29 is 17.7 Å². The minimum absolute atomic E-state index is 0.000208. The molecular weight excluding hydrogens is 526 g/mol. The molecule has 6 rings (SSSR count). The molecule has 4 aromatic heterocycles. The highest BCUT2D eigenvalue weighted by Crippen LogP contribution is 2.48. The van der Waals surface area contributed by atoms with Gasteiger partial charge in [-0.15, -0.1) is 0 Å². The first-order chi connectivity index (χ1) is 18.8. The molecular formula is C23H23N11O6. The number of hydrazine groups is 1. The highest BCUT2D eigenvalue weighted by Gasteiger charge is 2.27. The Bertz CT molecular complexity index is 2220. The monoisotopic (exact) mass is 549 g/mol. The van der Waals surface area contributed by atoms with Gasteiger partial charge in [0.1, 0.15) is 22.7 Å². The van der Waals surface area contributed by atoms with E-state index in [-0.39, 0.29) is 112 Å². The molecule has 0 bridgehead atoms. The van der Waals surface area contributed by atoms with E-state index in [4.69, 9.17) is 69.3 Å². The number of rotatable bonds is 3. The molecule has 6 aromatic rings. The fourth-order valence-corrected chi connectivity index (χ4v) is 4.73. The van der Waals surface area contributed by atoms with E-state index in [0.717, 1.165) is 0 Å². The van der Waals surface area contributed by atoms with Gasteiger partial charge in [-0.05, 0) is 6.92 Å². The second kappa shape index (κ2) is 7.63. The molecule has 0 radical (unpaired) electrons. The molecule has 206 valence electrons. The maximum Gasteiger partial charge on any atom is 0.361 e. The second-order valence-corrected chi connectivity index (χ2v) is 9.05. The SMILES string of the molecule is Cc1c(NNc2c3oc(N)c(N)c3c(N)c3c(N)c(N)c(=O)oc23)c2c(N)c(N)c3oc(N)c(N)c3c2oc1=O. The van der Waals surface area contributed by atoms with E-state index in [1.165, 1.54) is 6.92 Å². The van der Waals surface area contributed by atoms with Crippen LogP contribution in [0.5, 0.6) is 0 Å². The third kappa shape index (κ3) is 2.84. The second-order valence-electron chi connectivity index (χ2n) is 9.05. The van der Waals surface area contributed by atoms with Crippen LogP contribution in [0.4, 0.5) is 63.0 Å². The number of anilines is 11. The predicted octanol–water partition coefficient (Wildman–Crippen LogP) is 1.38. The Hall–Kier alpha value is -6.26. The summed E-state index contributed by atoms with van der Waals surface area (Å²) in [6.07, 6.45) is 0. The summed E-state index contributed by atoms with van der Waals surface area (Å²) in [5.74, 6) is -0.302. The predicted molar refractivity (Wildman–Crippen MR) is 156 cm³/mol. The summed E-state index contributed by atoms with van der Waals surface area (Å²) in [5.41, 5.74) is 58.5. The Balaban J connectivity index is 1.67. The Morgan fingerprint density at radius 3 is 1.62 bits per heavy atom. The standard InChI is InChI=1S/C23H23N11O6/c1-2-14(5-9(26)12(29)17-6(11(28)21(32)37-17)16(5)39-22(2)35)33-34-15-18-4(10(27)20(31)38-18)7(24)3-8(25)13(30)23(36)40-19(3)15/h33-34H,24-32H2,1H3. The van der Waals surface area contributed by atoms with Gasteiger partial charge in [-0.2, -0.15) is 0 Å². The van der Waals surface area contributed by atoms with Crippen LogP contribution in [0, 0.1) is 6.92 Å². The minimum atomic E-state index is -0.936. The molecule has 17 heteroatoms. The zero-order valence-corrected chi connectivity index (χ0v) is 20.6. The van der Waals surface area contributed by atoms with Gasteiger partial charge in [0.05, 0.1) is 55.5 Å². The summed E-state index contributed by atoms with van der Waals surface area (Å²) in [5, 5.41) is 0.570. The van der Waals surface area contributed by atoms with Crippen molar-refractivity contribution in [3.05, 3.63) is 26.4 Å². The maximum absolute atomic E-state index is 12.9. The summed E-state index contributed by atoms with van der Waals surface area (Å²) >= 11 is 0. The molecule has 20 N–H and O–H groups in total. The van der Waals surface area contributed by atoms with E-state index < -0.39 is 11.3 Å². The van der Waals surface area contributed by atoms with Gasteiger partial charge in [-0.25, -0.2) is 9.59 Å². The summed E-state index contributed by atoms with van der Waals surface area (Å²) < 4.78 is 22.1. The molecule has 0 saturated heterocycles. The number of benzene rings is 2. The normalized spacial score (nSPS) is 11.7. The van der Waals surface area contributed by atoms with Crippen molar-refractivity contribution in [2.45, 2.75) is 6.92 Å². The Kier molecular flexibility index (Phi) is 4.60. The molecule has 0 aliphatic rings. The van der Waals surface area contributed by atoms with E-state index >= 15 is 0 Å². The van der Waals surface area contributed by atoms with Crippen LogP contribution >= 0.6 is 0 Å². The van der Waals surface area contributed by atoms with Crippen LogP contribution in [0.15, 0.2) is 27.3 Å². The zero-order valence-electron chi connectivity index (χ0n) is 20.6. The Morgan fingerprint density at radius 2 is 0.950 bits per heavy atom. The van der Waals surface area contributed by atoms with Crippen LogP contribution in [0.2, 0.25) is 0 Å². The van der Waals surface area contributed by atoms with Crippen molar-refractivity contribution in [1.82, 2.24) is 0 Å². The summed E-state index contributed by atoms with van der Waals surface area (Å²) in [4.78, 5) is 25.4. The third-order valence-electron chi connectivity index (χ3n) is 6.84. The average molecular weight is 550 g/mol. The van der Waals surface area contributed by atoms with Crippen molar-refractivity contribution in [1.29, 1.82) is 0 Å². The number of furan rings is 2. The Morgan fingerprint density at radius 1 is 0.450 bits per heavy atom. The van der Waals surface area contributed by atoms with Crippen LogP contribution in [-0.2, 0) is 0 Å². The fourth-order valence-electron chi connectivity index (χ4n) is 4.73. The van der Waals surface area contributed by atoms with Gasteiger partial charge >= 0.3 is 11.3 Å². The molecule has 17 nitrogen and oxygen atoms in total. The molecule has 4 heterocycles. The molecule has 2 aromatic carbocycles.